The van der Waals surface area contributed by atoms with Crippen molar-refractivity contribution in [1.82, 2.24) is 15.0 Å². The third-order valence-corrected chi connectivity index (χ3v) is 4.79. The van der Waals surface area contributed by atoms with E-state index in [-0.39, 0.29) is 0 Å². The van der Waals surface area contributed by atoms with Crippen LogP contribution in [0.4, 0.5) is 11.7 Å². The van der Waals surface area contributed by atoms with Gasteiger partial charge in [0.05, 0.1) is 18.6 Å². The summed E-state index contributed by atoms with van der Waals surface area (Å²) < 4.78 is 11.9. The molecule has 148 valence electrons. The second-order valence-corrected chi connectivity index (χ2v) is 6.86. The Hall–Kier alpha value is -4.06. The first-order valence-corrected chi connectivity index (χ1v) is 9.78. The molecule has 30 heavy (non-hydrogen) atoms. The number of benzene rings is 3. The van der Waals surface area contributed by atoms with Crippen LogP contribution >= 0.6 is 0 Å². The van der Waals surface area contributed by atoms with E-state index in [2.05, 4.69) is 26.3 Å². The fourth-order valence-corrected chi connectivity index (χ4v) is 3.31. The number of nitrogens with zero attached hydrogens (tertiary/aromatic N) is 2. The van der Waals surface area contributed by atoms with Crippen LogP contribution in [-0.2, 0) is 6.42 Å². The Morgan fingerprint density at radius 2 is 1.83 bits per heavy atom. The van der Waals surface area contributed by atoms with E-state index in [0.717, 1.165) is 45.8 Å². The highest BCUT2D eigenvalue weighted by molar-refractivity contribution is 5.76. The molecule has 0 fully saturated rings. The molecule has 0 saturated carbocycles. The number of imidazole rings is 1. The van der Waals surface area contributed by atoms with Crippen molar-refractivity contribution in [1.29, 1.82) is 0 Å². The quantitative estimate of drug-likeness (QED) is 0.375. The van der Waals surface area contributed by atoms with E-state index >= 15 is 0 Å². The summed E-state index contributed by atoms with van der Waals surface area (Å²) in [5, 5.41) is 3.19. The predicted molar refractivity (Wildman–Crippen MR) is 117 cm³/mol. The average Bonchev–Trinajstić information content (AvgIpc) is 3.44. The van der Waals surface area contributed by atoms with Crippen LogP contribution in [-0.4, -0.2) is 21.6 Å². The zero-order valence-corrected chi connectivity index (χ0v) is 16.2. The molecule has 0 bridgehead atoms. The monoisotopic (exact) mass is 396 g/mol. The third-order valence-electron chi connectivity index (χ3n) is 4.79. The summed E-state index contributed by atoms with van der Waals surface area (Å²) >= 11 is 0. The van der Waals surface area contributed by atoms with Gasteiger partial charge in [0.15, 0.2) is 5.58 Å². The molecule has 0 aliphatic rings. The van der Waals surface area contributed by atoms with Crippen LogP contribution in [0.5, 0.6) is 5.75 Å². The smallest absolute Gasteiger partial charge is 0.300 e. The number of anilines is 2. The number of oxazole rings is 1. The Labute approximate surface area is 173 Å². The molecule has 0 atom stereocenters. The van der Waals surface area contributed by atoms with Gasteiger partial charge in [0.25, 0.3) is 6.01 Å². The molecule has 0 amide bonds. The van der Waals surface area contributed by atoms with Crippen molar-refractivity contribution in [3.05, 3.63) is 90.9 Å². The number of ether oxygens (including phenoxy) is 1. The summed E-state index contributed by atoms with van der Waals surface area (Å²) in [6, 6.07) is 24.3. The molecule has 2 heterocycles. The summed E-state index contributed by atoms with van der Waals surface area (Å²) in [4.78, 5) is 11.8. The SMILES string of the molecule is c1ccc(Nc2nc3ccc(CCOc4ccccc4-c4c[nH]cn4)cc3o2)cc1. The van der Waals surface area contributed by atoms with Crippen LogP contribution in [0.3, 0.4) is 0 Å². The molecule has 5 aromatic rings. The van der Waals surface area contributed by atoms with Crippen molar-refractivity contribution >= 4 is 22.8 Å². The summed E-state index contributed by atoms with van der Waals surface area (Å²) in [5.41, 5.74) is 5.48. The van der Waals surface area contributed by atoms with Crippen LogP contribution < -0.4 is 10.1 Å². The second-order valence-electron chi connectivity index (χ2n) is 6.86. The summed E-state index contributed by atoms with van der Waals surface area (Å²) in [5.74, 6) is 0.819. The molecule has 0 unspecified atom stereocenters. The van der Waals surface area contributed by atoms with Crippen LogP contribution in [0.1, 0.15) is 5.56 Å². The fraction of sp³-hybridized carbons (Fsp3) is 0.0833. The van der Waals surface area contributed by atoms with Crippen molar-refractivity contribution in [2.45, 2.75) is 6.42 Å². The molecule has 0 aliphatic heterocycles. The summed E-state index contributed by atoms with van der Waals surface area (Å²) in [7, 11) is 0. The minimum Gasteiger partial charge on any atom is -0.493 e. The molecule has 0 aliphatic carbocycles. The number of aromatic nitrogens is 3. The van der Waals surface area contributed by atoms with E-state index in [4.69, 9.17) is 9.15 Å². The number of nitrogens with one attached hydrogen (secondary N) is 2. The van der Waals surface area contributed by atoms with Crippen LogP contribution in [0.2, 0.25) is 0 Å². The van der Waals surface area contributed by atoms with E-state index in [9.17, 15) is 0 Å². The molecule has 5 rings (SSSR count). The average molecular weight is 396 g/mol. The van der Waals surface area contributed by atoms with E-state index in [1.165, 1.54) is 0 Å². The maximum absolute atomic E-state index is 6.05. The maximum Gasteiger partial charge on any atom is 0.300 e. The largest absolute Gasteiger partial charge is 0.493 e. The molecule has 6 nitrogen and oxygen atoms in total. The number of hydrogen-bond acceptors (Lipinski definition) is 5. The van der Waals surface area contributed by atoms with Crippen molar-refractivity contribution in [3.8, 4) is 17.0 Å². The lowest BCUT2D eigenvalue weighted by molar-refractivity contribution is 0.323. The summed E-state index contributed by atoms with van der Waals surface area (Å²) in [6.07, 6.45) is 4.29. The highest BCUT2D eigenvalue weighted by Gasteiger charge is 2.09. The van der Waals surface area contributed by atoms with Crippen LogP contribution in [0.15, 0.2) is 89.7 Å². The van der Waals surface area contributed by atoms with E-state index < -0.39 is 0 Å². The van der Waals surface area contributed by atoms with Gasteiger partial charge in [0.2, 0.25) is 0 Å². The first-order chi connectivity index (χ1) is 14.8. The Kier molecular flexibility index (Phi) is 4.88. The van der Waals surface area contributed by atoms with Gasteiger partial charge in [-0.1, -0.05) is 36.4 Å². The van der Waals surface area contributed by atoms with Gasteiger partial charge in [-0.15, -0.1) is 0 Å². The molecule has 6 heteroatoms. The number of para-hydroxylation sites is 2. The van der Waals surface area contributed by atoms with Gasteiger partial charge in [-0.25, -0.2) is 4.98 Å². The zero-order valence-electron chi connectivity index (χ0n) is 16.2. The normalized spacial score (nSPS) is 10.9. The second kappa shape index (κ2) is 8.13. The highest BCUT2D eigenvalue weighted by Crippen LogP contribution is 2.28. The van der Waals surface area contributed by atoms with Gasteiger partial charge in [-0.2, -0.15) is 4.98 Å². The Bertz CT molecular complexity index is 1250. The number of H-pyrrole nitrogens is 1. The van der Waals surface area contributed by atoms with E-state index in [0.29, 0.717) is 12.6 Å². The third kappa shape index (κ3) is 3.89. The van der Waals surface area contributed by atoms with Crippen molar-refractivity contribution in [2.24, 2.45) is 0 Å². The van der Waals surface area contributed by atoms with Crippen molar-refractivity contribution in [2.75, 3.05) is 11.9 Å². The van der Waals surface area contributed by atoms with Gasteiger partial charge >= 0.3 is 0 Å². The lowest BCUT2D eigenvalue weighted by Gasteiger charge is -2.10. The minimum absolute atomic E-state index is 0.484. The maximum atomic E-state index is 6.05. The zero-order chi connectivity index (χ0) is 20.2. The number of rotatable bonds is 7. The first-order valence-electron chi connectivity index (χ1n) is 9.78. The van der Waals surface area contributed by atoms with E-state index in [1.807, 2.05) is 72.9 Å². The van der Waals surface area contributed by atoms with Gasteiger partial charge in [0, 0.05) is 23.9 Å². The number of fused-ring (bicyclic) bond motifs is 1. The molecule has 2 aromatic heterocycles. The number of aromatic amines is 1. The van der Waals surface area contributed by atoms with Crippen LogP contribution in [0.25, 0.3) is 22.4 Å². The van der Waals surface area contributed by atoms with Crippen molar-refractivity contribution < 1.29 is 9.15 Å². The van der Waals surface area contributed by atoms with E-state index in [1.54, 1.807) is 6.33 Å². The first kappa shape index (κ1) is 18.0. The van der Waals surface area contributed by atoms with Gasteiger partial charge in [-0.05, 0) is 42.0 Å². The molecule has 0 saturated heterocycles. The Balaban J connectivity index is 1.26. The molecule has 0 spiro atoms. The van der Waals surface area contributed by atoms with Gasteiger partial charge in [0.1, 0.15) is 11.3 Å². The highest BCUT2D eigenvalue weighted by atomic mass is 16.5. The summed E-state index contributed by atoms with van der Waals surface area (Å²) in [6.45, 7) is 0.552. The predicted octanol–water partition coefficient (Wildman–Crippen LogP) is 5.58. The molecule has 2 N–H and O–H groups in total. The van der Waals surface area contributed by atoms with Crippen LogP contribution in [0, 0.1) is 0 Å². The topological polar surface area (TPSA) is 76.0 Å². The standard InChI is InChI=1S/C24H20N4O2/c1-2-6-18(7-3-1)27-24-28-20-11-10-17(14-23(20)30-24)12-13-29-22-9-5-4-8-19(22)21-15-25-16-26-21/h1-11,14-16H,12-13H2,(H,25,26)(H,27,28). The molecule has 3 aromatic carbocycles. The van der Waals surface area contributed by atoms with Gasteiger partial charge in [-0.3, -0.25) is 0 Å². The molecular formula is C24H20N4O2. The van der Waals surface area contributed by atoms with Gasteiger partial charge < -0.3 is 19.5 Å². The lowest BCUT2D eigenvalue weighted by Crippen LogP contribution is -2.02. The fourth-order valence-electron chi connectivity index (χ4n) is 3.31. The number of hydrogen-bond donors (Lipinski definition) is 2. The lowest BCUT2D eigenvalue weighted by atomic mass is 10.1. The molecule has 0 radical (unpaired) electrons. The Morgan fingerprint density at radius 3 is 2.70 bits per heavy atom. The minimum atomic E-state index is 0.484. The molecular weight excluding hydrogens is 376 g/mol. The van der Waals surface area contributed by atoms with Crippen molar-refractivity contribution in [3.63, 3.8) is 0 Å². The Morgan fingerprint density at radius 1 is 0.967 bits per heavy atom.